The minimum absolute atomic E-state index is 0.0438. The van der Waals surface area contributed by atoms with E-state index >= 15 is 0 Å². The molecule has 3 aromatic carbocycles. The van der Waals surface area contributed by atoms with E-state index in [1.54, 1.807) is 35.9 Å². The van der Waals surface area contributed by atoms with Crippen molar-refractivity contribution < 1.29 is 19.4 Å². The van der Waals surface area contributed by atoms with Gasteiger partial charge in [0.05, 0.1) is 19.2 Å². The van der Waals surface area contributed by atoms with Gasteiger partial charge in [0.15, 0.2) is 12.3 Å². The van der Waals surface area contributed by atoms with Crippen LogP contribution in [0.1, 0.15) is 5.56 Å². The minimum atomic E-state index is -0.560. The molecule has 0 aliphatic rings. The van der Waals surface area contributed by atoms with Crippen LogP contribution in [0.5, 0.6) is 17.4 Å². The van der Waals surface area contributed by atoms with Gasteiger partial charge in [0.2, 0.25) is 5.88 Å². The average molecular weight is 415 g/mol. The van der Waals surface area contributed by atoms with Gasteiger partial charge in [0.1, 0.15) is 11.5 Å². The first-order chi connectivity index (χ1) is 15.2. The zero-order valence-electron chi connectivity index (χ0n) is 16.9. The second-order valence-electron chi connectivity index (χ2n) is 6.82. The number of aromatic hydroxyl groups is 1. The van der Waals surface area contributed by atoms with E-state index in [0.717, 1.165) is 11.1 Å². The number of hydrogen-bond donors (Lipinski definition) is 1. The van der Waals surface area contributed by atoms with Crippen LogP contribution < -0.4 is 9.47 Å². The molecule has 1 N–H and O–H groups in total. The first kappa shape index (κ1) is 20.2. The summed E-state index contributed by atoms with van der Waals surface area (Å²) in [6, 6.07) is 24.1. The lowest BCUT2D eigenvalue weighted by molar-refractivity contribution is -0.120. The summed E-state index contributed by atoms with van der Waals surface area (Å²) in [5, 5.41) is 19.3. The second kappa shape index (κ2) is 9.13. The molecule has 4 rings (SSSR count). The third-order valence-electron chi connectivity index (χ3n) is 4.78. The molecule has 0 bridgehead atoms. The van der Waals surface area contributed by atoms with Crippen LogP contribution in [0.15, 0.2) is 89.1 Å². The molecule has 1 heterocycles. The van der Waals surface area contributed by atoms with E-state index in [1.165, 1.54) is 0 Å². The fourth-order valence-corrected chi connectivity index (χ4v) is 3.25. The molecule has 31 heavy (non-hydrogen) atoms. The largest absolute Gasteiger partial charge is 0.497 e. The lowest BCUT2D eigenvalue weighted by Crippen LogP contribution is -2.07. The number of fused-ring (bicyclic) bond motifs is 1. The Bertz CT molecular complexity index is 1220. The Hall–Kier alpha value is -4.13. The van der Waals surface area contributed by atoms with Crippen molar-refractivity contribution >= 4 is 22.5 Å². The van der Waals surface area contributed by atoms with Gasteiger partial charge >= 0.3 is 5.91 Å². The Balaban J connectivity index is 1.52. The Kier molecular flexibility index (Phi) is 5.93. The fourth-order valence-electron chi connectivity index (χ4n) is 3.25. The molecular formula is C24H21N3O4. The third-order valence-corrected chi connectivity index (χ3v) is 4.78. The van der Waals surface area contributed by atoms with Crippen molar-refractivity contribution in [3.63, 3.8) is 0 Å². The number of hydrogen-bond acceptors (Lipinski definition) is 5. The maximum absolute atomic E-state index is 12.2. The molecule has 0 saturated carbocycles. The quantitative estimate of drug-likeness (QED) is 0.426. The number of carbonyl (C=O) groups is 1. The van der Waals surface area contributed by atoms with Gasteiger partial charge in [-0.25, -0.2) is 0 Å². The Morgan fingerprint density at radius 1 is 0.935 bits per heavy atom. The molecule has 0 aliphatic carbocycles. The monoisotopic (exact) mass is 415 g/mol. The van der Waals surface area contributed by atoms with Crippen molar-refractivity contribution in [2.75, 3.05) is 13.7 Å². The van der Waals surface area contributed by atoms with E-state index in [0.29, 0.717) is 23.4 Å². The van der Waals surface area contributed by atoms with Crippen molar-refractivity contribution in [3.05, 3.63) is 84.4 Å². The van der Waals surface area contributed by atoms with Gasteiger partial charge in [-0.3, -0.25) is 4.79 Å². The highest BCUT2D eigenvalue weighted by atomic mass is 16.5. The van der Waals surface area contributed by atoms with E-state index in [2.05, 4.69) is 10.2 Å². The smallest absolute Gasteiger partial charge is 0.302 e. The number of azo groups is 1. The maximum Gasteiger partial charge on any atom is 0.302 e. The van der Waals surface area contributed by atoms with Gasteiger partial charge in [0.25, 0.3) is 0 Å². The zero-order valence-corrected chi connectivity index (χ0v) is 16.9. The van der Waals surface area contributed by atoms with Crippen LogP contribution in [0.2, 0.25) is 0 Å². The predicted molar refractivity (Wildman–Crippen MR) is 117 cm³/mol. The predicted octanol–water partition coefficient (Wildman–Crippen LogP) is 5.09. The topological polar surface area (TPSA) is 85.4 Å². The van der Waals surface area contributed by atoms with E-state index in [1.807, 2.05) is 54.6 Å². The number of carbonyl (C=O) groups excluding carboxylic acids is 1. The number of ether oxygens (including phenoxy) is 2. The van der Waals surface area contributed by atoms with Gasteiger partial charge < -0.3 is 19.1 Å². The summed E-state index contributed by atoms with van der Waals surface area (Å²) in [5.74, 6) is 0.611. The number of aromatic nitrogens is 1. The van der Waals surface area contributed by atoms with Gasteiger partial charge in [-0.1, -0.05) is 48.5 Å². The normalized spacial score (nSPS) is 11.1. The number of amides is 1. The summed E-state index contributed by atoms with van der Waals surface area (Å²) in [5.41, 5.74) is 2.09. The van der Waals surface area contributed by atoms with E-state index in [4.69, 9.17) is 9.47 Å². The molecule has 0 radical (unpaired) electrons. The first-order valence-electron chi connectivity index (χ1n) is 9.71. The van der Waals surface area contributed by atoms with Crippen LogP contribution in [-0.4, -0.2) is 29.3 Å². The molecule has 0 spiro atoms. The van der Waals surface area contributed by atoms with Crippen molar-refractivity contribution in [2.45, 2.75) is 6.54 Å². The lowest BCUT2D eigenvalue weighted by Gasteiger charge is -2.06. The Labute approximate surface area is 179 Å². The zero-order chi connectivity index (χ0) is 21.6. The van der Waals surface area contributed by atoms with Gasteiger partial charge in [-0.15, -0.1) is 10.2 Å². The van der Waals surface area contributed by atoms with Crippen LogP contribution in [0.3, 0.4) is 0 Å². The number of methoxy groups -OCH3 is 1. The van der Waals surface area contributed by atoms with Crippen LogP contribution >= 0.6 is 0 Å². The number of para-hydroxylation sites is 1. The molecule has 1 amide bonds. The maximum atomic E-state index is 12.2. The highest BCUT2D eigenvalue weighted by molar-refractivity contribution is 5.95. The van der Waals surface area contributed by atoms with Crippen molar-refractivity contribution in [3.8, 4) is 17.4 Å². The molecule has 7 nitrogen and oxygen atoms in total. The molecule has 0 aliphatic heterocycles. The third kappa shape index (κ3) is 4.56. The molecule has 1 aromatic heterocycles. The van der Waals surface area contributed by atoms with Crippen molar-refractivity contribution in [2.24, 2.45) is 10.2 Å². The summed E-state index contributed by atoms with van der Waals surface area (Å²) in [6.45, 7) is 0.205. The van der Waals surface area contributed by atoms with Crippen molar-refractivity contribution in [1.29, 1.82) is 0 Å². The molecule has 4 aromatic rings. The number of rotatable bonds is 7. The standard InChI is InChI=1S/C24H21N3O4/c1-30-18-11-13-19(14-12-18)31-16-22(28)25-26-23-20-9-5-6-10-21(20)27(24(23)29)15-17-7-3-2-4-8-17/h2-14,29H,15-16H2,1H3. The number of nitrogens with zero attached hydrogens (tertiary/aromatic N) is 3. The summed E-state index contributed by atoms with van der Waals surface area (Å²) in [6.07, 6.45) is 0. The fraction of sp³-hybridized carbons (Fsp3) is 0.125. The van der Waals surface area contributed by atoms with Crippen LogP contribution in [0.4, 0.5) is 5.69 Å². The van der Waals surface area contributed by atoms with E-state index in [9.17, 15) is 9.90 Å². The average Bonchev–Trinajstić information content (AvgIpc) is 3.08. The summed E-state index contributed by atoms with van der Waals surface area (Å²) in [7, 11) is 1.58. The molecule has 7 heteroatoms. The van der Waals surface area contributed by atoms with Gasteiger partial charge in [-0.2, -0.15) is 0 Å². The van der Waals surface area contributed by atoms with Crippen molar-refractivity contribution in [1.82, 2.24) is 4.57 Å². The SMILES string of the molecule is COc1ccc(OCC(=O)N=Nc2c(O)n(Cc3ccccc3)c3ccccc23)cc1. The first-order valence-corrected chi connectivity index (χ1v) is 9.71. The number of benzene rings is 3. The summed E-state index contributed by atoms with van der Waals surface area (Å²) >= 11 is 0. The minimum Gasteiger partial charge on any atom is -0.497 e. The molecule has 156 valence electrons. The lowest BCUT2D eigenvalue weighted by atomic mass is 10.2. The van der Waals surface area contributed by atoms with Gasteiger partial charge in [-0.05, 0) is 35.9 Å². The van der Waals surface area contributed by atoms with E-state index in [-0.39, 0.29) is 18.2 Å². The highest BCUT2D eigenvalue weighted by Crippen LogP contribution is 2.39. The van der Waals surface area contributed by atoms with Crippen LogP contribution in [0.25, 0.3) is 10.9 Å². The molecule has 0 fully saturated rings. The van der Waals surface area contributed by atoms with Crippen LogP contribution in [-0.2, 0) is 11.3 Å². The highest BCUT2D eigenvalue weighted by Gasteiger charge is 2.17. The molecular weight excluding hydrogens is 394 g/mol. The second-order valence-corrected chi connectivity index (χ2v) is 6.82. The molecule has 0 saturated heterocycles. The van der Waals surface area contributed by atoms with Crippen LogP contribution in [0, 0.1) is 0 Å². The molecule has 0 unspecified atom stereocenters. The Morgan fingerprint density at radius 2 is 1.61 bits per heavy atom. The molecule has 0 atom stereocenters. The Morgan fingerprint density at radius 3 is 2.35 bits per heavy atom. The summed E-state index contributed by atoms with van der Waals surface area (Å²) in [4.78, 5) is 12.2. The van der Waals surface area contributed by atoms with E-state index < -0.39 is 5.91 Å². The summed E-state index contributed by atoms with van der Waals surface area (Å²) < 4.78 is 12.3. The van der Waals surface area contributed by atoms with Gasteiger partial charge in [0, 0.05) is 5.39 Å².